The number of amides is 1. The smallest absolute Gasteiger partial charge is 0.296 e. The van der Waals surface area contributed by atoms with E-state index in [4.69, 9.17) is 11.6 Å². The Bertz CT molecular complexity index is 690. The average Bonchev–Trinajstić information content (AvgIpc) is 2.40. The van der Waals surface area contributed by atoms with Crippen molar-refractivity contribution in [3.63, 3.8) is 0 Å². The van der Waals surface area contributed by atoms with Crippen LogP contribution >= 0.6 is 11.6 Å². The lowest BCUT2D eigenvalue weighted by atomic mass is 10.2. The molecule has 0 saturated carbocycles. The normalized spacial score (nSPS) is 10.1. The number of carbonyl (C=O) groups excluding carboxylic acids is 1. The molecule has 1 aromatic heterocycles. The molecule has 0 unspecified atom stereocenters. The number of carbonyl (C=O) groups is 1. The fraction of sp³-hybridized carbons (Fsp3) is 0. The van der Waals surface area contributed by atoms with Crippen LogP contribution in [0.4, 0.5) is 11.4 Å². The first-order chi connectivity index (χ1) is 9.47. The Morgan fingerprint density at radius 3 is 2.75 bits per heavy atom. The van der Waals surface area contributed by atoms with E-state index in [9.17, 15) is 20.0 Å². The standard InChI is InChI=1S/C12H8ClN3O4/c13-7-3-4-14-10(5-7)12(18)15-9-2-1-8(17)6-11(9)16(19)20/h1-6,17H,(H,15,18). The monoisotopic (exact) mass is 293 g/mol. The van der Waals surface area contributed by atoms with Gasteiger partial charge in [0.15, 0.2) is 0 Å². The number of aromatic nitrogens is 1. The zero-order chi connectivity index (χ0) is 14.7. The highest BCUT2D eigenvalue weighted by atomic mass is 35.5. The fourth-order valence-electron chi connectivity index (χ4n) is 1.49. The van der Waals surface area contributed by atoms with Crippen molar-refractivity contribution in [1.29, 1.82) is 0 Å². The van der Waals surface area contributed by atoms with Gasteiger partial charge in [-0.1, -0.05) is 11.6 Å². The number of aromatic hydroxyl groups is 1. The lowest BCUT2D eigenvalue weighted by Gasteiger charge is -2.06. The number of phenolic OH excluding ortho intramolecular Hbond substituents is 1. The van der Waals surface area contributed by atoms with Crippen molar-refractivity contribution in [2.24, 2.45) is 0 Å². The molecule has 0 aliphatic carbocycles. The number of halogens is 1. The van der Waals surface area contributed by atoms with E-state index in [0.717, 1.165) is 6.07 Å². The van der Waals surface area contributed by atoms with Crippen LogP contribution in [0.1, 0.15) is 10.5 Å². The lowest BCUT2D eigenvalue weighted by Crippen LogP contribution is -2.14. The maximum absolute atomic E-state index is 11.9. The molecule has 0 aliphatic heterocycles. The molecule has 0 atom stereocenters. The predicted molar refractivity (Wildman–Crippen MR) is 72.0 cm³/mol. The van der Waals surface area contributed by atoms with Crippen LogP contribution in [0.15, 0.2) is 36.5 Å². The second-order valence-corrected chi connectivity index (χ2v) is 4.21. The molecule has 2 aromatic rings. The molecule has 0 spiro atoms. The van der Waals surface area contributed by atoms with Crippen molar-refractivity contribution in [2.45, 2.75) is 0 Å². The maximum atomic E-state index is 11.9. The molecular formula is C12H8ClN3O4. The van der Waals surface area contributed by atoms with Crippen LogP contribution in [0.3, 0.4) is 0 Å². The molecule has 20 heavy (non-hydrogen) atoms. The Morgan fingerprint density at radius 2 is 2.10 bits per heavy atom. The summed E-state index contributed by atoms with van der Waals surface area (Å²) in [4.78, 5) is 25.9. The van der Waals surface area contributed by atoms with Gasteiger partial charge in [-0.15, -0.1) is 0 Å². The number of nitro benzene ring substituents is 1. The third-order valence-electron chi connectivity index (χ3n) is 2.38. The van der Waals surface area contributed by atoms with Gasteiger partial charge in [0.25, 0.3) is 11.6 Å². The Morgan fingerprint density at radius 1 is 1.35 bits per heavy atom. The highest BCUT2D eigenvalue weighted by molar-refractivity contribution is 6.31. The summed E-state index contributed by atoms with van der Waals surface area (Å²) in [5, 5.41) is 22.8. The van der Waals surface area contributed by atoms with Crippen molar-refractivity contribution in [2.75, 3.05) is 5.32 Å². The Balaban J connectivity index is 2.30. The minimum atomic E-state index is -0.708. The average molecular weight is 294 g/mol. The van der Waals surface area contributed by atoms with Gasteiger partial charge >= 0.3 is 0 Å². The number of nitrogens with zero attached hydrogens (tertiary/aromatic N) is 2. The number of anilines is 1. The topological polar surface area (TPSA) is 105 Å². The third-order valence-corrected chi connectivity index (χ3v) is 2.62. The van der Waals surface area contributed by atoms with Gasteiger partial charge in [0.1, 0.15) is 17.1 Å². The van der Waals surface area contributed by atoms with Gasteiger partial charge in [0.05, 0.1) is 11.0 Å². The second-order valence-electron chi connectivity index (χ2n) is 3.77. The number of hydrogen-bond acceptors (Lipinski definition) is 5. The lowest BCUT2D eigenvalue weighted by molar-refractivity contribution is -0.384. The van der Waals surface area contributed by atoms with E-state index in [1.165, 1.54) is 30.5 Å². The molecule has 2 rings (SSSR count). The van der Waals surface area contributed by atoms with Gasteiger partial charge in [-0.2, -0.15) is 0 Å². The maximum Gasteiger partial charge on any atom is 0.296 e. The van der Waals surface area contributed by atoms with Crippen LogP contribution < -0.4 is 5.32 Å². The zero-order valence-corrected chi connectivity index (χ0v) is 10.7. The molecular weight excluding hydrogens is 286 g/mol. The molecule has 0 radical (unpaired) electrons. The van der Waals surface area contributed by atoms with E-state index >= 15 is 0 Å². The molecule has 7 nitrogen and oxygen atoms in total. The molecule has 1 aromatic carbocycles. The molecule has 0 bridgehead atoms. The summed E-state index contributed by atoms with van der Waals surface area (Å²) in [6.07, 6.45) is 1.35. The number of nitrogens with one attached hydrogen (secondary N) is 1. The summed E-state index contributed by atoms with van der Waals surface area (Å²) >= 11 is 5.73. The van der Waals surface area contributed by atoms with Crippen LogP contribution in [0.25, 0.3) is 0 Å². The SMILES string of the molecule is O=C(Nc1ccc(O)cc1[N+](=O)[O-])c1cc(Cl)ccn1. The molecule has 0 fully saturated rings. The molecule has 102 valence electrons. The highest BCUT2D eigenvalue weighted by Gasteiger charge is 2.18. The predicted octanol–water partition coefficient (Wildman–Crippen LogP) is 2.60. The first kappa shape index (κ1) is 13.8. The number of pyridine rings is 1. The van der Waals surface area contributed by atoms with E-state index in [-0.39, 0.29) is 17.1 Å². The minimum absolute atomic E-state index is 0.0277. The van der Waals surface area contributed by atoms with Crippen LogP contribution in [0, 0.1) is 10.1 Å². The summed E-state index contributed by atoms with van der Waals surface area (Å²) in [6.45, 7) is 0. The molecule has 2 N–H and O–H groups in total. The number of benzene rings is 1. The quantitative estimate of drug-likeness (QED) is 0.514. The van der Waals surface area contributed by atoms with Crippen LogP contribution in [-0.4, -0.2) is 20.9 Å². The Hall–Kier alpha value is -2.67. The van der Waals surface area contributed by atoms with Gasteiger partial charge in [-0.25, -0.2) is 0 Å². The molecule has 1 amide bonds. The van der Waals surface area contributed by atoms with E-state index in [1.807, 2.05) is 0 Å². The zero-order valence-electron chi connectivity index (χ0n) is 9.91. The van der Waals surface area contributed by atoms with Crippen molar-refractivity contribution in [3.05, 3.63) is 57.4 Å². The fourth-order valence-corrected chi connectivity index (χ4v) is 1.65. The van der Waals surface area contributed by atoms with Crippen LogP contribution in [0.2, 0.25) is 5.02 Å². The molecule has 0 saturated heterocycles. The van der Waals surface area contributed by atoms with Crippen molar-refractivity contribution in [3.8, 4) is 5.75 Å². The van der Waals surface area contributed by atoms with Crippen molar-refractivity contribution in [1.82, 2.24) is 4.98 Å². The second kappa shape index (κ2) is 5.54. The number of hydrogen-bond donors (Lipinski definition) is 2. The number of nitro groups is 1. The van der Waals surface area contributed by atoms with Crippen molar-refractivity contribution < 1.29 is 14.8 Å². The number of rotatable bonds is 3. The molecule has 0 aliphatic rings. The van der Waals surface area contributed by atoms with Gasteiger partial charge in [-0.05, 0) is 24.3 Å². The minimum Gasteiger partial charge on any atom is -0.508 e. The van der Waals surface area contributed by atoms with E-state index < -0.39 is 16.5 Å². The summed E-state index contributed by atoms with van der Waals surface area (Å²) in [5.74, 6) is -0.906. The summed E-state index contributed by atoms with van der Waals surface area (Å²) in [5.41, 5.74) is -0.431. The summed E-state index contributed by atoms with van der Waals surface area (Å²) in [7, 11) is 0. The first-order valence-electron chi connectivity index (χ1n) is 5.37. The van der Waals surface area contributed by atoms with Crippen LogP contribution in [0.5, 0.6) is 5.75 Å². The first-order valence-corrected chi connectivity index (χ1v) is 5.75. The van der Waals surface area contributed by atoms with Gasteiger partial charge < -0.3 is 10.4 Å². The summed E-state index contributed by atoms with van der Waals surface area (Å²) < 4.78 is 0. The summed E-state index contributed by atoms with van der Waals surface area (Å²) in [6, 6.07) is 6.25. The van der Waals surface area contributed by atoms with Gasteiger partial charge in [0.2, 0.25) is 0 Å². The Labute approximate surface area is 118 Å². The third kappa shape index (κ3) is 3.01. The highest BCUT2D eigenvalue weighted by Crippen LogP contribution is 2.28. The molecule has 8 heteroatoms. The van der Waals surface area contributed by atoms with Gasteiger partial charge in [-0.3, -0.25) is 19.9 Å². The molecule has 1 heterocycles. The van der Waals surface area contributed by atoms with Crippen molar-refractivity contribution >= 4 is 28.9 Å². The van der Waals surface area contributed by atoms with E-state index in [0.29, 0.717) is 5.02 Å². The van der Waals surface area contributed by atoms with E-state index in [1.54, 1.807) is 0 Å². The van der Waals surface area contributed by atoms with Gasteiger partial charge in [0, 0.05) is 11.2 Å². The number of phenols is 1. The largest absolute Gasteiger partial charge is 0.508 e. The Kier molecular flexibility index (Phi) is 3.81. The van der Waals surface area contributed by atoms with Crippen LogP contribution in [-0.2, 0) is 0 Å². The van der Waals surface area contributed by atoms with E-state index in [2.05, 4.69) is 10.3 Å².